The van der Waals surface area contributed by atoms with Gasteiger partial charge in [0.15, 0.2) is 0 Å². The lowest BCUT2D eigenvalue weighted by molar-refractivity contribution is 0.859. The Hall–Kier alpha value is -1.63. The highest BCUT2D eigenvalue weighted by molar-refractivity contribution is 5.63. The quantitative estimate of drug-likeness (QED) is 0.726. The molecule has 0 fully saturated rings. The van der Waals surface area contributed by atoms with Gasteiger partial charge in [-0.15, -0.1) is 0 Å². The predicted octanol–water partition coefficient (Wildman–Crippen LogP) is 4.18. The van der Waals surface area contributed by atoms with Gasteiger partial charge in [-0.1, -0.05) is 43.7 Å². The van der Waals surface area contributed by atoms with Gasteiger partial charge in [0.1, 0.15) is 0 Å². The smallest absolute Gasteiger partial charge is 0.0346 e. The van der Waals surface area contributed by atoms with Crippen LogP contribution in [0.2, 0.25) is 0 Å². The maximum Gasteiger partial charge on any atom is 0.0346 e. The van der Waals surface area contributed by atoms with Crippen molar-refractivity contribution in [3.8, 4) is 11.1 Å². The molecule has 1 aromatic carbocycles. The van der Waals surface area contributed by atoms with Gasteiger partial charge in [0.2, 0.25) is 0 Å². The van der Waals surface area contributed by atoms with Gasteiger partial charge in [-0.05, 0) is 30.0 Å². The zero-order valence-corrected chi connectivity index (χ0v) is 10.1. The Kier molecular flexibility index (Phi) is 3.04. The van der Waals surface area contributed by atoms with Crippen LogP contribution in [0.5, 0.6) is 0 Å². The molecule has 82 valence electrons. The van der Waals surface area contributed by atoms with Crippen molar-refractivity contribution in [1.82, 2.24) is 4.98 Å². The van der Waals surface area contributed by atoms with E-state index in [4.69, 9.17) is 0 Å². The van der Waals surface area contributed by atoms with Gasteiger partial charge >= 0.3 is 0 Å². The molecule has 2 aromatic rings. The number of aromatic nitrogens is 1. The molecule has 0 atom stereocenters. The normalized spacial score (nSPS) is 10.8. The summed E-state index contributed by atoms with van der Waals surface area (Å²) in [6, 6.07) is 10.8. The SMILES string of the molecule is Cc1ccc(-c2cncc(C(C)C)c2)cc1. The number of hydrogen-bond donors (Lipinski definition) is 0. The molecule has 1 heteroatoms. The van der Waals surface area contributed by atoms with Gasteiger partial charge in [0, 0.05) is 18.0 Å². The number of rotatable bonds is 2. The largest absolute Gasteiger partial charge is 0.264 e. The third kappa shape index (κ3) is 2.30. The Morgan fingerprint density at radius 1 is 0.938 bits per heavy atom. The Morgan fingerprint density at radius 3 is 2.25 bits per heavy atom. The van der Waals surface area contributed by atoms with Crippen molar-refractivity contribution in [2.24, 2.45) is 0 Å². The summed E-state index contributed by atoms with van der Waals surface area (Å²) in [7, 11) is 0. The summed E-state index contributed by atoms with van der Waals surface area (Å²) < 4.78 is 0. The van der Waals surface area contributed by atoms with Crippen LogP contribution in [0.4, 0.5) is 0 Å². The molecular formula is C15H17N. The van der Waals surface area contributed by atoms with Crippen LogP contribution in [0.3, 0.4) is 0 Å². The topological polar surface area (TPSA) is 12.9 Å². The lowest BCUT2D eigenvalue weighted by Crippen LogP contribution is -1.90. The number of hydrogen-bond acceptors (Lipinski definition) is 1. The maximum atomic E-state index is 4.30. The van der Waals surface area contributed by atoms with Crippen LogP contribution in [-0.2, 0) is 0 Å². The minimum Gasteiger partial charge on any atom is -0.264 e. The van der Waals surface area contributed by atoms with Crippen LogP contribution in [0.15, 0.2) is 42.7 Å². The van der Waals surface area contributed by atoms with E-state index in [9.17, 15) is 0 Å². The molecule has 0 spiro atoms. The summed E-state index contributed by atoms with van der Waals surface area (Å²) in [5.74, 6) is 0.526. The molecule has 0 bridgehead atoms. The van der Waals surface area contributed by atoms with Crippen LogP contribution in [-0.4, -0.2) is 4.98 Å². The summed E-state index contributed by atoms with van der Waals surface area (Å²) in [6.45, 7) is 6.48. The first kappa shape index (κ1) is 10.9. The second-order valence-corrected chi connectivity index (χ2v) is 4.53. The zero-order chi connectivity index (χ0) is 11.5. The summed E-state index contributed by atoms with van der Waals surface area (Å²) in [6.07, 6.45) is 3.87. The first-order valence-corrected chi connectivity index (χ1v) is 5.69. The fraction of sp³-hybridized carbons (Fsp3) is 0.267. The standard InChI is InChI=1S/C15H17N/c1-11(2)14-8-15(10-16-9-14)13-6-4-12(3)5-7-13/h4-11H,1-3H3. The maximum absolute atomic E-state index is 4.30. The lowest BCUT2D eigenvalue weighted by atomic mass is 10.00. The number of aryl methyl sites for hydroxylation is 1. The fourth-order valence-electron chi connectivity index (χ4n) is 1.68. The van der Waals surface area contributed by atoms with Crippen molar-refractivity contribution in [2.75, 3.05) is 0 Å². The zero-order valence-electron chi connectivity index (χ0n) is 10.1. The van der Waals surface area contributed by atoms with E-state index in [0.29, 0.717) is 5.92 Å². The average Bonchev–Trinajstić information content (AvgIpc) is 2.30. The van der Waals surface area contributed by atoms with Crippen LogP contribution >= 0.6 is 0 Å². The predicted molar refractivity (Wildman–Crippen MR) is 68.5 cm³/mol. The number of nitrogens with zero attached hydrogens (tertiary/aromatic N) is 1. The molecule has 1 nitrogen and oxygen atoms in total. The molecule has 0 saturated carbocycles. The van der Waals surface area contributed by atoms with Crippen molar-refractivity contribution in [2.45, 2.75) is 26.7 Å². The second kappa shape index (κ2) is 4.48. The minimum atomic E-state index is 0.526. The average molecular weight is 211 g/mol. The van der Waals surface area contributed by atoms with E-state index < -0.39 is 0 Å². The van der Waals surface area contributed by atoms with E-state index in [-0.39, 0.29) is 0 Å². The van der Waals surface area contributed by atoms with E-state index in [0.717, 1.165) is 0 Å². The fourth-order valence-corrected chi connectivity index (χ4v) is 1.68. The Labute approximate surface area is 97.2 Å². The Balaban J connectivity index is 2.40. The monoisotopic (exact) mass is 211 g/mol. The van der Waals surface area contributed by atoms with Gasteiger partial charge in [0.25, 0.3) is 0 Å². The van der Waals surface area contributed by atoms with Gasteiger partial charge < -0.3 is 0 Å². The molecule has 16 heavy (non-hydrogen) atoms. The van der Waals surface area contributed by atoms with E-state index >= 15 is 0 Å². The number of benzene rings is 1. The summed E-state index contributed by atoms with van der Waals surface area (Å²) in [5.41, 5.74) is 5.02. The molecule has 0 aliphatic carbocycles. The first-order valence-electron chi connectivity index (χ1n) is 5.69. The van der Waals surface area contributed by atoms with E-state index in [1.165, 1.54) is 22.3 Å². The Bertz CT molecular complexity index is 469. The summed E-state index contributed by atoms with van der Waals surface area (Å²) in [4.78, 5) is 4.30. The van der Waals surface area contributed by atoms with E-state index in [1.807, 2.05) is 12.4 Å². The molecule has 1 heterocycles. The molecule has 0 saturated heterocycles. The van der Waals surface area contributed by atoms with Gasteiger partial charge in [-0.2, -0.15) is 0 Å². The van der Waals surface area contributed by atoms with Crippen LogP contribution in [0, 0.1) is 6.92 Å². The molecule has 0 amide bonds. The molecule has 0 N–H and O–H groups in total. The number of pyridine rings is 1. The summed E-state index contributed by atoms with van der Waals surface area (Å²) >= 11 is 0. The summed E-state index contributed by atoms with van der Waals surface area (Å²) in [5, 5.41) is 0. The molecule has 0 aliphatic rings. The third-order valence-corrected chi connectivity index (χ3v) is 2.81. The Morgan fingerprint density at radius 2 is 1.62 bits per heavy atom. The second-order valence-electron chi connectivity index (χ2n) is 4.53. The van der Waals surface area contributed by atoms with Gasteiger partial charge in [0.05, 0.1) is 0 Å². The van der Waals surface area contributed by atoms with Crippen molar-refractivity contribution in [3.05, 3.63) is 53.9 Å². The van der Waals surface area contributed by atoms with Crippen LogP contribution in [0.1, 0.15) is 30.9 Å². The minimum absolute atomic E-state index is 0.526. The third-order valence-electron chi connectivity index (χ3n) is 2.81. The van der Waals surface area contributed by atoms with E-state index in [2.05, 4.69) is 56.1 Å². The molecule has 1 aromatic heterocycles. The molecule has 2 rings (SSSR count). The highest BCUT2D eigenvalue weighted by Gasteiger charge is 2.02. The van der Waals surface area contributed by atoms with Crippen molar-refractivity contribution < 1.29 is 0 Å². The van der Waals surface area contributed by atoms with Crippen LogP contribution in [0.25, 0.3) is 11.1 Å². The van der Waals surface area contributed by atoms with Crippen LogP contribution < -0.4 is 0 Å². The highest BCUT2D eigenvalue weighted by atomic mass is 14.6. The van der Waals surface area contributed by atoms with Crippen molar-refractivity contribution in [1.29, 1.82) is 0 Å². The van der Waals surface area contributed by atoms with Crippen molar-refractivity contribution >= 4 is 0 Å². The molecular weight excluding hydrogens is 194 g/mol. The van der Waals surface area contributed by atoms with Crippen molar-refractivity contribution in [3.63, 3.8) is 0 Å². The highest BCUT2D eigenvalue weighted by Crippen LogP contribution is 2.22. The van der Waals surface area contributed by atoms with Gasteiger partial charge in [-0.3, -0.25) is 4.98 Å². The lowest BCUT2D eigenvalue weighted by Gasteiger charge is -2.07. The molecule has 0 radical (unpaired) electrons. The molecule has 0 aliphatic heterocycles. The first-order chi connectivity index (χ1) is 7.66. The van der Waals surface area contributed by atoms with Gasteiger partial charge in [-0.25, -0.2) is 0 Å². The molecule has 0 unspecified atom stereocenters. The van der Waals surface area contributed by atoms with E-state index in [1.54, 1.807) is 0 Å².